The van der Waals surface area contributed by atoms with Gasteiger partial charge in [-0.15, -0.1) is 0 Å². The molecule has 0 spiro atoms. The summed E-state index contributed by atoms with van der Waals surface area (Å²) >= 11 is 0. The second-order valence-electron chi connectivity index (χ2n) is 7.77. The van der Waals surface area contributed by atoms with Gasteiger partial charge in [0.15, 0.2) is 0 Å². The van der Waals surface area contributed by atoms with Crippen LogP contribution in [0.15, 0.2) is 47.4 Å². The zero-order chi connectivity index (χ0) is 20.5. The van der Waals surface area contributed by atoms with Gasteiger partial charge < -0.3 is 4.74 Å². The first-order valence-corrected chi connectivity index (χ1v) is 11.1. The van der Waals surface area contributed by atoms with Gasteiger partial charge in [0, 0.05) is 31.7 Å². The summed E-state index contributed by atoms with van der Waals surface area (Å²) in [6.45, 7) is 9.69. The molecular formula is C22H30N2O3S. The van der Waals surface area contributed by atoms with Gasteiger partial charge in [-0.3, -0.25) is 4.90 Å². The van der Waals surface area contributed by atoms with E-state index in [1.165, 1.54) is 5.56 Å². The van der Waals surface area contributed by atoms with Gasteiger partial charge in [-0.05, 0) is 56.5 Å². The van der Waals surface area contributed by atoms with Crippen LogP contribution in [0.25, 0.3) is 0 Å². The quantitative estimate of drug-likeness (QED) is 0.767. The van der Waals surface area contributed by atoms with Crippen LogP contribution in [-0.2, 0) is 16.6 Å². The van der Waals surface area contributed by atoms with Crippen molar-refractivity contribution in [3.63, 3.8) is 0 Å². The molecule has 1 aliphatic heterocycles. The first-order chi connectivity index (χ1) is 13.2. The highest BCUT2D eigenvalue weighted by Crippen LogP contribution is 2.30. The van der Waals surface area contributed by atoms with Crippen molar-refractivity contribution < 1.29 is 13.2 Å². The maximum Gasteiger partial charge on any atom is 0.243 e. The van der Waals surface area contributed by atoms with E-state index in [-0.39, 0.29) is 12.1 Å². The van der Waals surface area contributed by atoms with Crippen molar-refractivity contribution in [3.05, 3.63) is 59.2 Å². The first kappa shape index (κ1) is 20.8. The molecule has 0 aliphatic carbocycles. The topological polar surface area (TPSA) is 49.9 Å². The number of hydrogen-bond donors (Lipinski definition) is 0. The fourth-order valence-corrected chi connectivity index (χ4v) is 6.19. The van der Waals surface area contributed by atoms with E-state index >= 15 is 0 Å². The highest BCUT2D eigenvalue weighted by atomic mass is 32.2. The van der Waals surface area contributed by atoms with E-state index in [4.69, 9.17) is 4.74 Å². The zero-order valence-electron chi connectivity index (χ0n) is 17.3. The highest BCUT2D eigenvalue weighted by molar-refractivity contribution is 7.89. The lowest BCUT2D eigenvalue weighted by molar-refractivity contribution is 0.0698. The normalized spacial score (nSPS) is 21.6. The van der Waals surface area contributed by atoms with Crippen molar-refractivity contribution in [1.29, 1.82) is 0 Å². The zero-order valence-corrected chi connectivity index (χ0v) is 18.2. The van der Waals surface area contributed by atoms with Gasteiger partial charge in [-0.25, -0.2) is 8.42 Å². The van der Waals surface area contributed by atoms with E-state index < -0.39 is 10.0 Å². The Morgan fingerprint density at radius 3 is 2.04 bits per heavy atom. The minimum atomic E-state index is -3.56. The van der Waals surface area contributed by atoms with Crippen LogP contribution in [0.2, 0.25) is 0 Å². The molecule has 0 amide bonds. The lowest BCUT2D eigenvalue weighted by Crippen LogP contribution is -2.57. The molecule has 0 radical (unpaired) electrons. The smallest absolute Gasteiger partial charge is 0.243 e. The van der Waals surface area contributed by atoms with Crippen LogP contribution in [0.1, 0.15) is 30.5 Å². The van der Waals surface area contributed by atoms with E-state index in [2.05, 4.69) is 30.9 Å². The van der Waals surface area contributed by atoms with Gasteiger partial charge in [0.25, 0.3) is 0 Å². The number of ether oxygens (including phenoxy) is 1. The summed E-state index contributed by atoms with van der Waals surface area (Å²) < 4.78 is 33.8. The number of benzene rings is 2. The third kappa shape index (κ3) is 4.09. The van der Waals surface area contributed by atoms with Gasteiger partial charge in [0.2, 0.25) is 10.0 Å². The Morgan fingerprint density at radius 1 is 1.00 bits per heavy atom. The molecule has 1 heterocycles. The Hall–Kier alpha value is -1.89. The van der Waals surface area contributed by atoms with E-state index in [1.807, 2.05) is 32.0 Å². The fraction of sp³-hybridized carbons (Fsp3) is 0.455. The average Bonchev–Trinajstić information content (AvgIpc) is 2.64. The van der Waals surface area contributed by atoms with Crippen LogP contribution < -0.4 is 4.74 Å². The number of rotatable bonds is 5. The summed E-state index contributed by atoms with van der Waals surface area (Å²) in [6.07, 6.45) is 0. The fourth-order valence-electron chi connectivity index (χ4n) is 4.17. The molecule has 0 aromatic heterocycles. The van der Waals surface area contributed by atoms with Crippen LogP contribution in [0.5, 0.6) is 5.75 Å². The molecule has 1 saturated heterocycles. The molecule has 152 valence electrons. The third-order valence-corrected chi connectivity index (χ3v) is 7.68. The van der Waals surface area contributed by atoms with E-state index in [0.29, 0.717) is 23.7 Å². The van der Waals surface area contributed by atoms with Gasteiger partial charge in [0.1, 0.15) is 5.75 Å². The standard InChI is InChI=1S/C22H30N2O3S/c1-16-11-21(27-5)12-17(2)22(16)28(25,26)23-13-18(3)24(19(4)14-23)15-20-9-7-6-8-10-20/h6-12,18-19H,13-15H2,1-5H3. The Morgan fingerprint density at radius 2 is 1.54 bits per heavy atom. The van der Waals surface area contributed by atoms with Gasteiger partial charge >= 0.3 is 0 Å². The number of aryl methyl sites for hydroxylation is 2. The van der Waals surface area contributed by atoms with Crippen molar-refractivity contribution in [3.8, 4) is 5.75 Å². The predicted molar refractivity (Wildman–Crippen MR) is 112 cm³/mol. The van der Waals surface area contributed by atoms with Crippen molar-refractivity contribution in [2.75, 3.05) is 20.2 Å². The number of hydrogen-bond acceptors (Lipinski definition) is 4. The highest BCUT2D eigenvalue weighted by Gasteiger charge is 2.37. The van der Waals surface area contributed by atoms with Gasteiger partial charge in [-0.1, -0.05) is 30.3 Å². The van der Waals surface area contributed by atoms with Crippen molar-refractivity contribution in [2.24, 2.45) is 0 Å². The summed E-state index contributed by atoms with van der Waals surface area (Å²) in [6, 6.07) is 14.2. The molecule has 2 unspecified atom stereocenters. The van der Waals surface area contributed by atoms with Crippen LogP contribution >= 0.6 is 0 Å². The maximum absolute atomic E-state index is 13.5. The SMILES string of the molecule is COc1cc(C)c(S(=O)(=O)N2CC(C)N(Cc3ccccc3)C(C)C2)c(C)c1. The molecule has 0 bridgehead atoms. The Labute approximate surface area is 169 Å². The first-order valence-electron chi connectivity index (χ1n) is 9.69. The van der Waals surface area contributed by atoms with Crippen molar-refractivity contribution in [2.45, 2.75) is 51.2 Å². The van der Waals surface area contributed by atoms with Gasteiger partial charge in [0.05, 0.1) is 12.0 Å². The largest absolute Gasteiger partial charge is 0.497 e. The molecule has 0 saturated carbocycles. The summed E-state index contributed by atoms with van der Waals surface area (Å²) in [5.74, 6) is 0.684. The number of nitrogens with zero attached hydrogens (tertiary/aromatic N) is 2. The minimum Gasteiger partial charge on any atom is -0.497 e. The van der Waals surface area contributed by atoms with Crippen LogP contribution in [-0.4, -0.2) is 49.9 Å². The number of methoxy groups -OCH3 is 1. The predicted octanol–water partition coefficient (Wildman–Crippen LogP) is 3.60. The summed E-state index contributed by atoms with van der Waals surface area (Å²) in [7, 11) is -1.96. The summed E-state index contributed by atoms with van der Waals surface area (Å²) in [4.78, 5) is 2.79. The van der Waals surface area contributed by atoms with Gasteiger partial charge in [-0.2, -0.15) is 4.31 Å². The Balaban J connectivity index is 1.84. The molecule has 3 rings (SSSR count). The minimum absolute atomic E-state index is 0.137. The monoisotopic (exact) mass is 402 g/mol. The number of piperazine rings is 1. The molecule has 2 aromatic carbocycles. The second-order valence-corrected chi connectivity index (χ2v) is 9.64. The molecule has 1 aliphatic rings. The molecule has 6 heteroatoms. The van der Waals surface area contributed by atoms with Crippen molar-refractivity contribution in [1.82, 2.24) is 9.21 Å². The van der Waals surface area contributed by atoms with Crippen LogP contribution in [0.4, 0.5) is 0 Å². The third-order valence-electron chi connectivity index (χ3n) is 5.54. The molecule has 2 aromatic rings. The van der Waals surface area contributed by atoms with Crippen LogP contribution in [0, 0.1) is 13.8 Å². The maximum atomic E-state index is 13.5. The molecule has 1 fully saturated rings. The van der Waals surface area contributed by atoms with E-state index in [1.54, 1.807) is 23.5 Å². The Bertz CT molecular complexity index is 893. The molecule has 0 N–H and O–H groups in total. The molecule has 28 heavy (non-hydrogen) atoms. The number of sulfonamides is 1. The summed E-state index contributed by atoms with van der Waals surface area (Å²) in [5, 5.41) is 0. The Kier molecular flexibility index (Phi) is 6.12. The lowest BCUT2D eigenvalue weighted by Gasteiger charge is -2.44. The van der Waals surface area contributed by atoms with E-state index in [0.717, 1.165) is 17.7 Å². The molecule has 5 nitrogen and oxygen atoms in total. The van der Waals surface area contributed by atoms with Crippen LogP contribution in [0.3, 0.4) is 0 Å². The summed E-state index contributed by atoms with van der Waals surface area (Å²) in [5.41, 5.74) is 2.70. The lowest BCUT2D eigenvalue weighted by atomic mass is 10.1. The van der Waals surface area contributed by atoms with Crippen molar-refractivity contribution >= 4 is 10.0 Å². The molecule has 2 atom stereocenters. The van der Waals surface area contributed by atoms with E-state index in [9.17, 15) is 8.42 Å². The molecular weight excluding hydrogens is 372 g/mol. The second kappa shape index (κ2) is 8.23. The average molecular weight is 403 g/mol.